The van der Waals surface area contributed by atoms with Gasteiger partial charge in [0, 0.05) is 12.0 Å². The molecule has 114 valence electrons. The molecule has 0 N–H and O–H groups in total. The van der Waals surface area contributed by atoms with Crippen LogP contribution in [-0.4, -0.2) is 5.78 Å². The van der Waals surface area contributed by atoms with Gasteiger partial charge in [-0.05, 0) is 37.7 Å². The Bertz CT molecular complexity index is 475. The van der Waals surface area contributed by atoms with Crippen molar-refractivity contribution >= 4 is 11.4 Å². The summed E-state index contributed by atoms with van der Waals surface area (Å²) in [4.78, 5) is 12.6. The largest absolute Gasteiger partial charge is 0.294 e. The van der Waals surface area contributed by atoms with E-state index in [-0.39, 0.29) is 0 Å². The number of rotatable bonds is 6. The summed E-state index contributed by atoms with van der Waals surface area (Å²) in [5.41, 5.74) is 3.32. The molecule has 1 aromatic carbocycles. The smallest absolute Gasteiger partial charge is 0.163 e. The van der Waals surface area contributed by atoms with Crippen molar-refractivity contribution < 1.29 is 4.79 Å². The molecule has 0 radical (unpaired) electrons. The molecule has 0 unspecified atom stereocenters. The Balaban J connectivity index is 2.22. The summed E-state index contributed by atoms with van der Waals surface area (Å²) in [6.07, 6.45) is 11.5. The van der Waals surface area contributed by atoms with Crippen molar-refractivity contribution in [1.29, 1.82) is 0 Å². The van der Waals surface area contributed by atoms with E-state index < -0.39 is 0 Å². The number of benzene rings is 1. The highest BCUT2D eigenvalue weighted by atomic mass is 16.1. The van der Waals surface area contributed by atoms with Crippen molar-refractivity contribution in [3.63, 3.8) is 0 Å². The van der Waals surface area contributed by atoms with Crippen LogP contribution in [0.1, 0.15) is 69.4 Å². The number of hydrogen-bond acceptors (Lipinski definition) is 1. The zero-order chi connectivity index (χ0) is 15.1. The Labute approximate surface area is 129 Å². The highest BCUT2D eigenvalue weighted by Crippen LogP contribution is 2.29. The van der Waals surface area contributed by atoms with Crippen LogP contribution in [0.2, 0.25) is 0 Å². The Morgan fingerprint density at radius 3 is 2.43 bits per heavy atom. The van der Waals surface area contributed by atoms with E-state index >= 15 is 0 Å². The van der Waals surface area contributed by atoms with Crippen molar-refractivity contribution in [3.05, 3.63) is 41.5 Å². The minimum Gasteiger partial charge on any atom is -0.294 e. The van der Waals surface area contributed by atoms with Crippen molar-refractivity contribution in [3.8, 4) is 0 Å². The molecule has 0 spiro atoms. The number of Topliss-reactive ketones (excluding diaryl/α,β-unsaturated/α-hetero) is 1. The van der Waals surface area contributed by atoms with Crippen LogP contribution in [0.5, 0.6) is 0 Å². The van der Waals surface area contributed by atoms with Crippen LogP contribution < -0.4 is 0 Å². The fourth-order valence-electron chi connectivity index (χ4n) is 3.09. The van der Waals surface area contributed by atoms with Crippen LogP contribution >= 0.6 is 0 Å². The molecular formula is C20H28O. The molecule has 1 fully saturated rings. The van der Waals surface area contributed by atoms with Gasteiger partial charge in [-0.2, -0.15) is 0 Å². The van der Waals surface area contributed by atoms with Crippen molar-refractivity contribution in [2.24, 2.45) is 5.92 Å². The molecule has 0 atom stereocenters. The summed E-state index contributed by atoms with van der Waals surface area (Å²) in [5, 5.41) is 0. The molecule has 1 aliphatic carbocycles. The first-order valence-electron chi connectivity index (χ1n) is 8.52. The quantitative estimate of drug-likeness (QED) is 0.611. The molecule has 1 aromatic rings. The third-order valence-electron chi connectivity index (χ3n) is 4.47. The zero-order valence-electron chi connectivity index (χ0n) is 13.5. The van der Waals surface area contributed by atoms with Crippen LogP contribution in [0.3, 0.4) is 0 Å². The zero-order valence-corrected chi connectivity index (χ0v) is 13.5. The first-order valence-corrected chi connectivity index (χ1v) is 8.52. The van der Waals surface area contributed by atoms with Gasteiger partial charge in [0.1, 0.15) is 0 Å². The molecule has 0 aromatic heterocycles. The standard InChI is InChI=1S/C20H28O/c1-3-4-10-20(21)19(15-17-8-6-5-7-9-17)18-13-11-16(2)12-14-18/h11-15,17H,3-10H2,1-2H3/b19-15+. The number of allylic oxidation sites excluding steroid dienone is 2. The Morgan fingerprint density at radius 1 is 1.14 bits per heavy atom. The number of aryl methyl sites for hydroxylation is 1. The second-order valence-electron chi connectivity index (χ2n) is 6.37. The number of unbranched alkanes of at least 4 members (excludes halogenated alkanes) is 1. The number of hydrogen-bond donors (Lipinski definition) is 0. The maximum atomic E-state index is 12.6. The van der Waals surface area contributed by atoms with E-state index in [0.717, 1.165) is 24.0 Å². The topological polar surface area (TPSA) is 17.1 Å². The lowest BCUT2D eigenvalue weighted by molar-refractivity contribution is -0.113. The van der Waals surface area contributed by atoms with Gasteiger partial charge in [-0.15, -0.1) is 0 Å². The van der Waals surface area contributed by atoms with Crippen LogP contribution in [0.15, 0.2) is 30.3 Å². The van der Waals surface area contributed by atoms with Crippen molar-refractivity contribution in [1.82, 2.24) is 0 Å². The molecular weight excluding hydrogens is 256 g/mol. The monoisotopic (exact) mass is 284 g/mol. The highest BCUT2D eigenvalue weighted by molar-refractivity contribution is 6.20. The van der Waals surface area contributed by atoms with E-state index in [1.807, 2.05) is 0 Å². The van der Waals surface area contributed by atoms with Crippen LogP contribution in [0, 0.1) is 12.8 Å². The molecule has 0 amide bonds. The summed E-state index contributed by atoms with van der Waals surface area (Å²) in [7, 11) is 0. The van der Waals surface area contributed by atoms with Crippen LogP contribution in [0.25, 0.3) is 5.57 Å². The number of ketones is 1. The lowest BCUT2D eigenvalue weighted by atomic mass is 9.85. The van der Waals surface area contributed by atoms with Crippen LogP contribution in [0.4, 0.5) is 0 Å². The summed E-state index contributed by atoms with van der Waals surface area (Å²) >= 11 is 0. The van der Waals surface area contributed by atoms with Crippen molar-refractivity contribution in [2.45, 2.75) is 65.2 Å². The second-order valence-corrected chi connectivity index (χ2v) is 6.37. The molecule has 1 nitrogen and oxygen atoms in total. The Kier molecular flexibility index (Phi) is 6.22. The molecule has 2 rings (SSSR count). The van der Waals surface area contributed by atoms with Gasteiger partial charge >= 0.3 is 0 Å². The van der Waals surface area contributed by atoms with E-state index in [4.69, 9.17) is 0 Å². The summed E-state index contributed by atoms with van der Waals surface area (Å²) < 4.78 is 0. The fraction of sp³-hybridized carbons (Fsp3) is 0.550. The van der Waals surface area contributed by atoms with Gasteiger partial charge in [-0.25, -0.2) is 0 Å². The molecule has 0 bridgehead atoms. The highest BCUT2D eigenvalue weighted by Gasteiger charge is 2.17. The van der Waals surface area contributed by atoms with Gasteiger partial charge in [0.2, 0.25) is 0 Å². The van der Waals surface area contributed by atoms with Gasteiger partial charge in [-0.1, -0.05) is 68.5 Å². The van der Waals surface area contributed by atoms with E-state index in [2.05, 4.69) is 44.2 Å². The van der Waals surface area contributed by atoms with E-state index in [1.54, 1.807) is 0 Å². The first kappa shape index (κ1) is 16.0. The maximum Gasteiger partial charge on any atom is 0.163 e. The second kappa shape index (κ2) is 8.17. The summed E-state index contributed by atoms with van der Waals surface area (Å²) in [6, 6.07) is 8.43. The summed E-state index contributed by atoms with van der Waals surface area (Å²) in [5.74, 6) is 0.923. The Morgan fingerprint density at radius 2 is 1.81 bits per heavy atom. The third-order valence-corrected chi connectivity index (χ3v) is 4.47. The van der Waals surface area contributed by atoms with Gasteiger partial charge in [0.05, 0.1) is 0 Å². The minimum atomic E-state index is 0.325. The number of carbonyl (C=O) groups is 1. The minimum absolute atomic E-state index is 0.325. The van der Waals surface area contributed by atoms with Gasteiger partial charge < -0.3 is 0 Å². The molecule has 0 heterocycles. The molecule has 1 heteroatoms. The van der Waals surface area contributed by atoms with Crippen LogP contribution in [-0.2, 0) is 4.79 Å². The number of carbonyl (C=O) groups excluding carboxylic acids is 1. The lowest BCUT2D eigenvalue weighted by Gasteiger charge is -2.20. The van der Waals surface area contributed by atoms with Gasteiger partial charge in [0.15, 0.2) is 5.78 Å². The molecule has 0 saturated heterocycles. The maximum absolute atomic E-state index is 12.6. The predicted octanol–water partition coefficient (Wildman–Crippen LogP) is 5.72. The first-order chi connectivity index (χ1) is 10.2. The molecule has 0 aliphatic heterocycles. The molecule has 1 aliphatic rings. The van der Waals surface area contributed by atoms with E-state index in [9.17, 15) is 4.79 Å². The van der Waals surface area contributed by atoms with Gasteiger partial charge in [-0.3, -0.25) is 4.79 Å². The normalized spacial score (nSPS) is 17.0. The van der Waals surface area contributed by atoms with E-state index in [1.165, 1.54) is 37.7 Å². The van der Waals surface area contributed by atoms with E-state index in [0.29, 0.717) is 18.1 Å². The SMILES string of the molecule is CCCCC(=O)/C(=C/C1CCCCC1)c1ccc(C)cc1. The predicted molar refractivity (Wildman–Crippen MR) is 90.3 cm³/mol. The third kappa shape index (κ3) is 4.84. The van der Waals surface area contributed by atoms with Gasteiger partial charge in [0.25, 0.3) is 0 Å². The average molecular weight is 284 g/mol. The lowest BCUT2D eigenvalue weighted by Crippen LogP contribution is -2.08. The van der Waals surface area contributed by atoms with Crippen molar-refractivity contribution in [2.75, 3.05) is 0 Å². The average Bonchev–Trinajstić information content (AvgIpc) is 2.52. The molecule has 21 heavy (non-hydrogen) atoms. The Hall–Kier alpha value is -1.37. The summed E-state index contributed by atoms with van der Waals surface area (Å²) in [6.45, 7) is 4.23. The molecule has 1 saturated carbocycles. The fourth-order valence-corrected chi connectivity index (χ4v) is 3.09.